The lowest BCUT2D eigenvalue weighted by molar-refractivity contribution is -0.136. The van der Waals surface area contributed by atoms with Gasteiger partial charge in [-0.3, -0.25) is 9.10 Å². The van der Waals surface area contributed by atoms with Gasteiger partial charge in [0.2, 0.25) is 0 Å². The number of ether oxygens (including phenoxy) is 1. The highest BCUT2D eigenvalue weighted by molar-refractivity contribution is 7.89. The van der Waals surface area contributed by atoms with Crippen molar-refractivity contribution in [1.29, 1.82) is 0 Å². The third kappa shape index (κ3) is 4.64. The number of benzene rings is 1. The van der Waals surface area contributed by atoms with E-state index in [-0.39, 0.29) is 22.8 Å². The Kier molecular flexibility index (Phi) is 6.46. The lowest BCUT2D eigenvalue weighted by Crippen LogP contribution is -2.45. The van der Waals surface area contributed by atoms with Crippen LogP contribution in [0.3, 0.4) is 0 Å². The molecule has 1 aromatic carbocycles. The molecule has 0 aromatic heterocycles. The normalized spacial score (nSPS) is 20.1. The fourth-order valence-electron chi connectivity index (χ4n) is 4.06. The van der Waals surface area contributed by atoms with Crippen LogP contribution < -0.4 is 0 Å². The van der Waals surface area contributed by atoms with Gasteiger partial charge in [0.15, 0.2) is 5.76 Å². The standard InChI is InChI=1S/C24H33NO4S/c1-15(2)13-22-21(16(3)4)14-23(29-18(6)26)24(19-9-10-19)25(22)30(27,28)20-11-7-17(5)8-12-20/h7-8,11-12,14-16,19,22H,9-10,13H2,1-6H3. The molecule has 6 heteroatoms. The number of nitrogens with zero attached hydrogens (tertiary/aromatic N) is 1. The van der Waals surface area contributed by atoms with Crippen LogP contribution in [0.25, 0.3) is 0 Å². The smallest absolute Gasteiger partial charge is 0.308 e. The molecular weight excluding hydrogens is 398 g/mol. The lowest BCUT2D eigenvalue weighted by Gasteiger charge is -2.41. The highest BCUT2D eigenvalue weighted by atomic mass is 32.2. The molecule has 1 unspecified atom stereocenters. The summed E-state index contributed by atoms with van der Waals surface area (Å²) in [5.41, 5.74) is 2.63. The van der Waals surface area contributed by atoms with Crippen LogP contribution in [-0.2, 0) is 19.6 Å². The first-order chi connectivity index (χ1) is 14.0. The molecule has 1 aliphatic carbocycles. The Morgan fingerprint density at radius 2 is 1.73 bits per heavy atom. The summed E-state index contributed by atoms with van der Waals surface area (Å²) in [5.74, 6) is 0.487. The Labute approximate surface area is 180 Å². The zero-order chi connectivity index (χ0) is 22.2. The van der Waals surface area contributed by atoms with E-state index in [1.165, 1.54) is 6.92 Å². The average molecular weight is 432 g/mol. The molecule has 30 heavy (non-hydrogen) atoms. The molecule has 1 atom stereocenters. The van der Waals surface area contributed by atoms with Gasteiger partial charge in [-0.25, -0.2) is 8.42 Å². The third-order valence-electron chi connectivity index (χ3n) is 5.61. The van der Waals surface area contributed by atoms with Crippen molar-refractivity contribution in [3.8, 4) is 0 Å². The molecule has 0 saturated heterocycles. The topological polar surface area (TPSA) is 63.7 Å². The monoisotopic (exact) mass is 431 g/mol. The molecule has 3 rings (SSSR count). The van der Waals surface area contributed by atoms with Gasteiger partial charge < -0.3 is 4.74 Å². The van der Waals surface area contributed by atoms with Gasteiger partial charge in [-0.2, -0.15) is 0 Å². The van der Waals surface area contributed by atoms with E-state index in [4.69, 9.17) is 4.74 Å². The summed E-state index contributed by atoms with van der Waals surface area (Å²) >= 11 is 0. The number of carbonyl (C=O) groups excluding carboxylic acids is 1. The zero-order valence-corrected chi connectivity index (χ0v) is 19.6. The van der Waals surface area contributed by atoms with Crippen LogP contribution in [0.1, 0.15) is 59.4 Å². The molecule has 0 N–H and O–H groups in total. The first-order valence-electron chi connectivity index (χ1n) is 10.8. The van der Waals surface area contributed by atoms with E-state index in [0.717, 1.165) is 24.0 Å². The molecule has 1 heterocycles. The van der Waals surface area contributed by atoms with Gasteiger partial charge in [0.05, 0.1) is 16.6 Å². The maximum atomic E-state index is 14.0. The van der Waals surface area contributed by atoms with Crippen molar-refractivity contribution < 1.29 is 17.9 Å². The van der Waals surface area contributed by atoms with Crippen LogP contribution in [0.2, 0.25) is 0 Å². The van der Waals surface area contributed by atoms with Gasteiger partial charge >= 0.3 is 5.97 Å². The minimum atomic E-state index is -3.82. The molecule has 2 aliphatic rings. The minimum Gasteiger partial charge on any atom is -0.425 e. The molecule has 0 spiro atoms. The molecule has 0 amide bonds. The Morgan fingerprint density at radius 3 is 2.20 bits per heavy atom. The number of aryl methyl sites for hydroxylation is 1. The van der Waals surface area contributed by atoms with E-state index in [9.17, 15) is 13.2 Å². The van der Waals surface area contributed by atoms with Crippen LogP contribution in [0.5, 0.6) is 0 Å². The Hall–Kier alpha value is -2.08. The molecule has 164 valence electrons. The lowest BCUT2D eigenvalue weighted by atomic mass is 9.86. The molecule has 0 bridgehead atoms. The van der Waals surface area contributed by atoms with E-state index < -0.39 is 16.0 Å². The summed E-state index contributed by atoms with van der Waals surface area (Å²) in [6.45, 7) is 11.6. The Morgan fingerprint density at radius 1 is 1.13 bits per heavy atom. The molecule has 1 aliphatic heterocycles. The number of esters is 1. The summed E-state index contributed by atoms with van der Waals surface area (Å²) < 4.78 is 35.1. The van der Waals surface area contributed by atoms with Crippen LogP contribution >= 0.6 is 0 Å². The number of hydrogen-bond donors (Lipinski definition) is 0. The highest BCUT2D eigenvalue weighted by Crippen LogP contribution is 2.48. The average Bonchev–Trinajstić information content (AvgIpc) is 3.46. The molecule has 1 saturated carbocycles. The molecule has 0 radical (unpaired) electrons. The largest absolute Gasteiger partial charge is 0.425 e. The number of rotatable bonds is 7. The first-order valence-corrected chi connectivity index (χ1v) is 12.2. The SMILES string of the molecule is CC(=O)OC1=C(C2CC2)N(S(=O)(=O)c2ccc(C)cc2)C(CC(C)C)C(C(C)C)=C1. The third-order valence-corrected chi connectivity index (χ3v) is 7.45. The Bertz CT molecular complexity index is 967. The van der Waals surface area contributed by atoms with Crippen LogP contribution in [0, 0.1) is 24.7 Å². The quantitative estimate of drug-likeness (QED) is 0.558. The molecule has 5 nitrogen and oxygen atoms in total. The van der Waals surface area contributed by atoms with E-state index in [1.807, 2.05) is 25.1 Å². The maximum absolute atomic E-state index is 14.0. The van der Waals surface area contributed by atoms with Gasteiger partial charge in [-0.15, -0.1) is 0 Å². The van der Waals surface area contributed by atoms with Crippen molar-refractivity contribution >= 4 is 16.0 Å². The van der Waals surface area contributed by atoms with E-state index in [0.29, 0.717) is 23.8 Å². The van der Waals surface area contributed by atoms with Gasteiger partial charge in [-0.1, -0.05) is 45.4 Å². The summed E-state index contributed by atoms with van der Waals surface area (Å²) in [7, 11) is -3.82. The number of sulfonamides is 1. The Balaban J connectivity index is 2.24. The molecule has 1 fully saturated rings. The summed E-state index contributed by atoms with van der Waals surface area (Å²) in [5, 5.41) is 0. The highest BCUT2D eigenvalue weighted by Gasteiger charge is 2.46. The second-order valence-corrected chi connectivity index (χ2v) is 11.0. The number of hydrogen-bond acceptors (Lipinski definition) is 4. The van der Waals surface area contributed by atoms with Crippen molar-refractivity contribution in [3.63, 3.8) is 0 Å². The fourth-order valence-corrected chi connectivity index (χ4v) is 5.81. The zero-order valence-electron chi connectivity index (χ0n) is 18.8. The minimum absolute atomic E-state index is 0.0965. The predicted octanol–water partition coefficient (Wildman–Crippen LogP) is 5.18. The molecule has 1 aromatic rings. The van der Waals surface area contributed by atoms with Gasteiger partial charge in [-0.05, 0) is 61.8 Å². The first kappa shape index (κ1) is 22.6. The predicted molar refractivity (Wildman–Crippen MR) is 118 cm³/mol. The van der Waals surface area contributed by atoms with Crippen molar-refractivity contribution in [1.82, 2.24) is 4.31 Å². The van der Waals surface area contributed by atoms with Gasteiger partial charge in [0, 0.05) is 12.8 Å². The summed E-state index contributed by atoms with van der Waals surface area (Å²) in [6, 6.07) is 6.69. The summed E-state index contributed by atoms with van der Waals surface area (Å²) in [6.07, 6.45) is 4.44. The van der Waals surface area contributed by atoms with E-state index >= 15 is 0 Å². The second-order valence-electron chi connectivity index (χ2n) is 9.18. The van der Waals surface area contributed by atoms with Crippen molar-refractivity contribution in [3.05, 3.63) is 52.9 Å². The second kappa shape index (κ2) is 8.58. The summed E-state index contributed by atoms with van der Waals surface area (Å²) in [4.78, 5) is 12.1. The van der Waals surface area contributed by atoms with Gasteiger partial charge in [0.1, 0.15) is 0 Å². The van der Waals surface area contributed by atoms with Crippen molar-refractivity contribution in [2.24, 2.45) is 17.8 Å². The number of carbonyl (C=O) groups is 1. The van der Waals surface area contributed by atoms with Crippen LogP contribution in [-0.4, -0.2) is 24.7 Å². The molecular formula is C24H33NO4S. The van der Waals surface area contributed by atoms with E-state index in [1.54, 1.807) is 16.4 Å². The maximum Gasteiger partial charge on any atom is 0.308 e. The van der Waals surface area contributed by atoms with Crippen LogP contribution in [0.4, 0.5) is 0 Å². The van der Waals surface area contributed by atoms with Crippen LogP contribution in [0.15, 0.2) is 52.3 Å². The van der Waals surface area contributed by atoms with Crippen molar-refractivity contribution in [2.75, 3.05) is 0 Å². The van der Waals surface area contributed by atoms with Gasteiger partial charge in [0.25, 0.3) is 10.0 Å². The number of allylic oxidation sites excluding steroid dienone is 2. The van der Waals surface area contributed by atoms with Crippen molar-refractivity contribution in [2.45, 2.75) is 71.7 Å². The van der Waals surface area contributed by atoms with E-state index in [2.05, 4.69) is 27.7 Å². The fraction of sp³-hybridized carbons (Fsp3) is 0.542.